The van der Waals surface area contributed by atoms with Gasteiger partial charge in [0.15, 0.2) is 11.5 Å². The van der Waals surface area contributed by atoms with Crippen molar-refractivity contribution in [3.8, 4) is 11.5 Å². The van der Waals surface area contributed by atoms with Gasteiger partial charge < -0.3 is 14.4 Å². The van der Waals surface area contributed by atoms with Crippen molar-refractivity contribution >= 4 is 22.4 Å². The molecule has 4 aromatic carbocycles. The maximum Gasteiger partial charge on any atom is 0.227 e. The summed E-state index contributed by atoms with van der Waals surface area (Å²) in [4.78, 5) is 14.6. The Bertz CT molecular complexity index is 1330. The normalized spacial score (nSPS) is 15.4. The van der Waals surface area contributed by atoms with Gasteiger partial charge in [-0.25, -0.2) is 4.39 Å². The molecule has 1 heterocycles. The van der Waals surface area contributed by atoms with Crippen molar-refractivity contribution in [2.45, 2.75) is 18.9 Å². The Hall–Kier alpha value is -3.86. The number of fused-ring (bicyclic) bond motifs is 3. The van der Waals surface area contributed by atoms with Gasteiger partial charge in [-0.1, -0.05) is 48.5 Å². The zero-order chi connectivity index (χ0) is 22.9. The van der Waals surface area contributed by atoms with Crippen LogP contribution in [0.5, 0.6) is 11.5 Å². The van der Waals surface area contributed by atoms with Crippen LogP contribution in [-0.4, -0.2) is 20.1 Å². The number of ether oxygens (including phenoxy) is 2. The number of carbonyl (C=O) groups is 1. The van der Waals surface area contributed by atoms with E-state index in [1.165, 1.54) is 12.1 Å². The molecule has 0 bridgehead atoms. The van der Waals surface area contributed by atoms with Gasteiger partial charge in [-0.05, 0) is 57.8 Å². The van der Waals surface area contributed by atoms with Crippen molar-refractivity contribution in [3.05, 3.63) is 101 Å². The number of benzene rings is 4. The maximum absolute atomic E-state index is 13.2. The minimum atomic E-state index is -0.277. The van der Waals surface area contributed by atoms with Gasteiger partial charge >= 0.3 is 0 Å². The van der Waals surface area contributed by atoms with Gasteiger partial charge in [0.2, 0.25) is 5.91 Å². The Morgan fingerprint density at radius 1 is 0.970 bits per heavy atom. The Kier molecular flexibility index (Phi) is 5.47. The highest BCUT2D eigenvalue weighted by Gasteiger charge is 2.32. The molecule has 1 unspecified atom stereocenters. The van der Waals surface area contributed by atoms with Crippen LogP contribution in [0, 0.1) is 5.82 Å². The average molecular weight is 442 g/mol. The Labute approximate surface area is 192 Å². The average Bonchev–Trinajstić information content (AvgIpc) is 2.85. The number of hydrogen-bond donors (Lipinski definition) is 0. The van der Waals surface area contributed by atoms with Crippen molar-refractivity contribution in [3.63, 3.8) is 0 Å². The van der Waals surface area contributed by atoms with Crippen LogP contribution in [0.1, 0.15) is 29.0 Å². The summed E-state index contributed by atoms with van der Waals surface area (Å²) in [5.41, 5.74) is 3.95. The number of methoxy groups -OCH3 is 1. The minimum absolute atomic E-state index is 0.0818. The molecule has 166 valence electrons. The molecule has 0 aromatic heterocycles. The molecule has 0 spiro atoms. The summed E-state index contributed by atoms with van der Waals surface area (Å²) >= 11 is 0. The van der Waals surface area contributed by atoms with Gasteiger partial charge in [0, 0.05) is 25.1 Å². The van der Waals surface area contributed by atoms with Crippen molar-refractivity contribution in [2.24, 2.45) is 0 Å². The number of halogens is 1. The van der Waals surface area contributed by atoms with E-state index in [0.717, 1.165) is 33.2 Å². The second-order valence-corrected chi connectivity index (χ2v) is 8.25. The smallest absolute Gasteiger partial charge is 0.227 e. The number of amides is 1. The van der Waals surface area contributed by atoms with Gasteiger partial charge in [0.05, 0.1) is 7.11 Å². The highest BCUT2D eigenvalue weighted by Crippen LogP contribution is 2.45. The third kappa shape index (κ3) is 3.91. The molecular weight excluding hydrogens is 417 g/mol. The fourth-order valence-corrected chi connectivity index (χ4v) is 4.54. The van der Waals surface area contributed by atoms with E-state index in [2.05, 4.69) is 18.2 Å². The minimum Gasteiger partial charge on any atom is -0.493 e. The molecule has 0 radical (unpaired) electrons. The number of hydrogen-bond acceptors (Lipinski definition) is 3. The highest BCUT2D eigenvalue weighted by molar-refractivity contribution is 6.02. The summed E-state index contributed by atoms with van der Waals surface area (Å²) in [6.07, 6.45) is 0.385. The van der Waals surface area contributed by atoms with Crippen LogP contribution in [0.25, 0.3) is 10.8 Å². The molecule has 0 fully saturated rings. The van der Waals surface area contributed by atoms with Gasteiger partial charge in [-0.2, -0.15) is 0 Å². The van der Waals surface area contributed by atoms with Gasteiger partial charge in [-0.15, -0.1) is 0 Å². The second-order valence-electron chi connectivity index (χ2n) is 8.25. The van der Waals surface area contributed by atoms with E-state index >= 15 is 0 Å². The van der Waals surface area contributed by atoms with E-state index in [-0.39, 0.29) is 17.6 Å². The summed E-state index contributed by atoms with van der Waals surface area (Å²) in [5.74, 6) is 0.917. The molecule has 33 heavy (non-hydrogen) atoms. The molecule has 1 aliphatic heterocycles. The van der Waals surface area contributed by atoms with Crippen molar-refractivity contribution in [1.29, 1.82) is 0 Å². The van der Waals surface area contributed by atoms with Gasteiger partial charge in [-0.3, -0.25) is 4.79 Å². The molecule has 0 aliphatic carbocycles. The number of rotatable bonds is 5. The standard InChI is InChI=1S/C28H24FNO3/c1-30-24-13-9-19-5-3-4-6-22(19)28(24)23(16-27(30)31)20-10-14-25(26(15-20)32-2)33-17-18-7-11-21(29)12-8-18/h3-15,23H,16-17H2,1-2H3. The van der Waals surface area contributed by atoms with Crippen molar-refractivity contribution in [1.82, 2.24) is 0 Å². The third-order valence-corrected chi connectivity index (χ3v) is 6.31. The highest BCUT2D eigenvalue weighted by atomic mass is 19.1. The Balaban J connectivity index is 1.52. The molecule has 1 atom stereocenters. The lowest BCUT2D eigenvalue weighted by molar-refractivity contribution is -0.118. The fraction of sp³-hybridized carbons (Fsp3) is 0.179. The van der Waals surface area contributed by atoms with Gasteiger partial charge in [0.25, 0.3) is 0 Å². The fourth-order valence-electron chi connectivity index (χ4n) is 4.54. The molecule has 5 rings (SSSR count). The second kappa shape index (κ2) is 8.58. The molecule has 4 nitrogen and oxygen atoms in total. The largest absolute Gasteiger partial charge is 0.493 e. The summed E-state index contributed by atoms with van der Waals surface area (Å²) < 4.78 is 24.7. The van der Waals surface area contributed by atoms with Crippen LogP contribution in [0.3, 0.4) is 0 Å². The van der Waals surface area contributed by atoms with Crippen LogP contribution < -0.4 is 14.4 Å². The Morgan fingerprint density at radius 2 is 1.76 bits per heavy atom. The van der Waals surface area contributed by atoms with Crippen LogP contribution in [0.2, 0.25) is 0 Å². The first-order valence-electron chi connectivity index (χ1n) is 10.9. The zero-order valence-corrected chi connectivity index (χ0v) is 18.5. The van der Waals surface area contributed by atoms with E-state index in [0.29, 0.717) is 24.5 Å². The molecule has 0 saturated heterocycles. The summed E-state index contributed by atoms with van der Waals surface area (Å²) in [6.45, 7) is 0.302. The summed E-state index contributed by atoms with van der Waals surface area (Å²) in [7, 11) is 3.44. The monoisotopic (exact) mass is 441 g/mol. The zero-order valence-electron chi connectivity index (χ0n) is 18.5. The number of nitrogens with zero attached hydrogens (tertiary/aromatic N) is 1. The topological polar surface area (TPSA) is 38.8 Å². The van der Waals surface area contributed by atoms with Crippen LogP contribution in [0.4, 0.5) is 10.1 Å². The molecule has 0 saturated carbocycles. The summed E-state index contributed by atoms with van der Waals surface area (Å²) in [5, 5.41) is 2.30. The lowest BCUT2D eigenvalue weighted by atomic mass is 9.81. The molecule has 1 aliphatic rings. The van der Waals surface area contributed by atoms with E-state index < -0.39 is 0 Å². The number of anilines is 1. The van der Waals surface area contributed by atoms with E-state index in [4.69, 9.17) is 9.47 Å². The maximum atomic E-state index is 13.2. The first-order valence-corrected chi connectivity index (χ1v) is 10.9. The van der Waals surface area contributed by atoms with E-state index in [1.807, 2.05) is 43.4 Å². The van der Waals surface area contributed by atoms with Crippen LogP contribution >= 0.6 is 0 Å². The van der Waals surface area contributed by atoms with Crippen molar-refractivity contribution < 1.29 is 18.7 Å². The lowest BCUT2D eigenvalue weighted by Gasteiger charge is -2.33. The van der Waals surface area contributed by atoms with E-state index in [9.17, 15) is 9.18 Å². The first-order chi connectivity index (χ1) is 16.0. The predicted octanol–water partition coefficient (Wildman–Crippen LogP) is 6.06. The number of carbonyl (C=O) groups excluding carboxylic acids is 1. The molecule has 4 aromatic rings. The first kappa shape index (κ1) is 21.0. The SMILES string of the molecule is COc1cc(C2CC(=O)N(C)c3ccc4ccccc4c32)ccc1OCc1ccc(F)cc1. The quantitative estimate of drug-likeness (QED) is 0.378. The van der Waals surface area contributed by atoms with Crippen LogP contribution in [0.15, 0.2) is 78.9 Å². The summed E-state index contributed by atoms with van der Waals surface area (Å²) in [6, 6.07) is 24.4. The Morgan fingerprint density at radius 3 is 2.55 bits per heavy atom. The van der Waals surface area contributed by atoms with Crippen molar-refractivity contribution in [2.75, 3.05) is 19.1 Å². The lowest BCUT2D eigenvalue weighted by Crippen LogP contribution is -2.33. The molecule has 5 heteroatoms. The molecule has 0 N–H and O–H groups in total. The van der Waals surface area contributed by atoms with Gasteiger partial charge in [0.1, 0.15) is 12.4 Å². The van der Waals surface area contributed by atoms with E-state index in [1.54, 1.807) is 24.1 Å². The molecular formula is C28H24FNO3. The molecule has 1 amide bonds. The predicted molar refractivity (Wildman–Crippen MR) is 128 cm³/mol. The van der Waals surface area contributed by atoms with Crippen LogP contribution in [-0.2, 0) is 11.4 Å². The third-order valence-electron chi connectivity index (χ3n) is 6.31.